The van der Waals surface area contributed by atoms with E-state index in [9.17, 15) is 23.1 Å². The quantitative estimate of drug-likeness (QED) is 0.644. The molecule has 0 fully saturated rings. The van der Waals surface area contributed by atoms with Crippen molar-refractivity contribution >= 4 is 5.97 Å². The summed E-state index contributed by atoms with van der Waals surface area (Å²) in [4.78, 5) is 14.9. The molecular formula is C13H16F3NO4. The molecule has 0 amide bonds. The zero-order chi connectivity index (χ0) is 16.0. The van der Waals surface area contributed by atoms with Gasteiger partial charge in [-0.3, -0.25) is 4.98 Å². The molecule has 1 aromatic heterocycles. The molecule has 1 N–H and O–H groups in total. The number of hydrogen-bond donors (Lipinski definition) is 1. The van der Waals surface area contributed by atoms with E-state index in [0.717, 1.165) is 13.3 Å². The van der Waals surface area contributed by atoms with Crippen LogP contribution in [0.2, 0.25) is 0 Å². The van der Waals surface area contributed by atoms with Crippen molar-refractivity contribution in [2.24, 2.45) is 0 Å². The lowest BCUT2D eigenvalue weighted by Gasteiger charge is -2.13. The minimum Gasteiger partial charge on any atom is -0.465 e. The Bertz CT molecular complexity index is 491. The molecule has 21 heavy (non-hydrogen) atoms. The van der Waals surface area contributed by atoms with Crippen molar-refractivity contribution in [2.75, 3.05) is 13.7 Å². The van der Waals surface area contributed by atoms with Crippen molar-refractivity contribution in [1.29, 1.82) is 0 Å². The van der Waals surface area contributed by atoms with Gasteiger partial charge in [-0.05, 0) is 25.0 Å². The standard InChI is InChI=1S/C13H16F3NO4/c1-3-21-11(18)5-4-8-7-17-10(13(14,15)16)6-9(8)12(19)20-2/h6-7,11,18H,3-5H2,1-2H3. The molecule has 1 heterocycles. The summed E-state index contributed by atoms with van der Waals surface area (Å²) in [6, 6.07) is 0.647. The number of aryl methyl sites for hydroxylation is 1. The summed E-state index contributed by atoms with van der Waals surface area (Å²) < 4.78 is 47.2. The number of carbonyl (C=O) groups excluding carboxylic acids is 1. The molecule has 0 aliphatic heterocycles. The van der Waals surface area contributed by atoms with Gasteiger partial charge in [0.05, 0.1) is 12.7 Å². The van der Waals surface area contributed by atoms with Crippen molar-refractivity contribution in [3.8, 4) is 0 Å². The zero-order valence-corrected chi connectivity index (χ0v) is 11.6. The fourth-order valence-electron chi connectivity index (χ4n) is 1.69. The molecule has 0 radical (unpaired) electrons. The first kappa shape index (κ1) is 17.4. The third-order valence-corrected chi connectivity index (χ3v) is 2.70. The molecule has 0 saturated carbocycles. The Morgan fingerprint density at radius 2 is 2.14 bits per heavy atom. The second-order valence-electron chi connectivity index (χ2n) is 4.16. The second-order valence-corrected chi connectivity index (χ2v) is 4.16. The lowest BCUT2D eigenvalue weighted by atomic mass is 10.0. The molecule has 0 bridgehead atoms. The predicted molar refractivity (Wildman–Crippen MR) is 66.5 cm³/mol. The van der Waals surface area contributed by atoms with Crippen LogP contribution in [0.3, 0.4) is 0 Å². The lowest BCUT2D eigenvalue weighted by Crippen LogP contribution is -2.16. The Kier molecular flexibility index (Phi) is 6.10. The first-order valence-electron chi connectivity index (χ1n) is 6.23. The molecule has 1 atom stereocenters. The molecule has 5 nitrogen and oxygen atoms in total. The number of carbonyl (C=O) groups is 1. The summed E-state index contributed by atoms with van der Waals surface area (Å²) in [6.07, 6.45) is -4.47. The summed E-state index contributed by atoms with van der Waals surface area (Å²) in [6.45, 7) is 2.00. The van der Waals surface area contributed by atoms with E-state index in [2.05, 4.69) is 9.72 Å². The van der Waals surface area contributed by atoms with Crippen molar-refractivity contribution in [1.82, 2.24) is 4.98 Å². The van der Waals surface area contributed by atoms with Gasteiger partial charge in [0.15, 0.2) is 6.29 Å². The number of aliphatic hydroxyl groups excluding tert-OH is 1. The first-order valence-corrected chi connectivity index (χ1v) is 6.23. The molecule has 0 aromatic carbocycles. The SMILES string of the molecule is CCOC(O)CCc1cnc(C(F)(F)F)cc1C(=O)OC. The van der Waals surface area contributed by atoms with E-state index in [0.29, 0.717) is 12.7 Å². The van der Waals surface area contributed by atoms with Gasteiger partial charge in [0.2, 0.25) is 0 Å². The molecule has 0 aliphatic carbocycles. The summed E-state index contributed by atoms with van der Waals surface area (Å²) >= 11 is 0. The van der Waals surface area contributed by atoms with Crippen LogP contribution in [0.15, 0.2) is 12.3 Å². The number of hydrogen-bond acceptors (Lipinski definition) is 5. The number of nitrogens with zero attached hydrogens (tertiary/aromatic N) is 1. The smallest absolute Gasteiger partial charge is 0.433 e. The highest BCUT2D eigenvalue weighted by atomic mass is 19.4. The fourth-order valence-corrected chi connectivity index (χ4v) is 1.69. The number of esters is 1. The molecule has 0 spiro atoms. The topological polar surface area (TPSA) is 68.7 Å². The normalized spacial score (nSPS) is 13.0. The molecular weight excluding hydrogens is 291 g/mol. The molecule has 0 aliphatic rings. The summed E-state index contributed by atoms with van der Waals surface area (Å²) in [5, 5.41) is 9.44. The summed E-state index contributed by atoms with van der Waals surface area (Å²) in [5.41, 5.74) is -1.13. The van der Waals surface area contributed by atoms with Gasteiger partial charge >= 0.3 is 12.1 Å². The zero-order valence-electron chi connectivity index (χ0n) is 11.6. The maximum Gasteiger partial charge on any atom is 0.433 e. The third-order valence-electron chi connectivity index (χ3n) is 2.70. The maximum absolute atomic E-state index is 12.6. The van der Waals surface area contributed by atoms with E-state index in [-0.39, 0.29) is 24.0 Å². The number of pyridine rings is 1. The fraction of sp³-hybridized carbons (Fsp3) is 0.538. The Balaban J connectivity index is 3.00. The van der Waals surface area contributed by atoms with Crippen LogP contribution in [0.5, 0.6) is 0 Å². The van der Waals surface area contributed by atoms with Crippen molar-refractivity contribution < 1.29 is 32.5 Å². The van der Waals surface area contributed by atoms with Crippen LogP contribution in [0, 0.1) is 0 Å². The summed E-state index contributed by atoms with van der Waals surface area (Å²) in [5.74, 6) is -0.885. The van der Waals surface area contributed by atoms with Crippen molar-refractivity contribution in [2.45, 2.75) is 32.2 Å². The number of halogens is 3. The van der Waals surface area contributed by atoms with Crippen molar-refractivity contribution in [3.63, 3.8) is 0 Å². The Labute approximate surface area is 119 Å². The monoisotopic (exact) mass is 307 g/mol. The van der Waals surface area contributed by atoms with E-state index in [4.69, 9.17) is 4.74 Å². The average Bonchev–Trinajstić information content (AvgIpc) is 2.43. The van der Waals surface area contributed by atoms with Gasteiger partial charge in [-0.25, -0.2) is 4.79 Å². The highest BCUT2D eigenvalue weighted by molar-refractivity contribution is 5.91. The van der Waals surface area contributed by atoms with Crippen LogP contribution in [0.4, 0.5) is 13.2 Å². The number of alkyl halides is 3. The number of ether oxygens (including phenoxy) is 2. The predicted octanol–water partition coefficient (Wildman–Crippen LogP) is 2.17. The van der Waals surface area contributed by atoms with Crippen LogP contribution < -0.4 is 0 Å². The van der Waals surface area contributed by atoms with Gasteiger partial charge < -0.3 is 14.6 Å². The van der Waals surface area contributed by atoms with E-state index in [1.165, 1.54) is 0 Å². The minimum absolute atomic E-state index is 0.130. The van der Waals surface area contributed by atoms with Crippen LogP contribution in [0.25, 0.3) is 0 Å². The molecule has 1 unspecified atom stereocenters. The van der Waals surface area contributed by atoms with E-state index in [1.54, 1.807) is 6.92 Å². The minimum atomic E-state index is -4.65. The molecule has 1 aromatic rings. The number of aliphatic hydroxyl groups is 1. The van der Waals surface area contributed by atoms with Gasteiger partial charge in [-0.2, -0.15) is 13.2 Å². The van der Waals surface area contributed by atoms with Gasteiger partial charge in [0.25, 0.3) is 0 Å². The average molecular weight is 307 g/mol. The number of methoxy groups -OCH3 is 1. The maximum atomic E-state index is 12.6. The van der Waals surface area contributed by atoms with Crippen molar-refractivity contribution in [3.05, 3.63) is 29.1 Å². The number of rotatable bonds is 6. The van der Waals surface area contributed by atoms with E-state index < -0.39 is 24.1 Å². The Morgan fingerprint density at radius 1 is 1.48 bits per heavy atom. The number of aromatic nitrogens is 1. The van der Waals surface area contributed by atoms with Gasteiger partial charge in [-0.15, -0.1) is 0 Å². The van der Waals surface area contributed by atoms with Gasteiger partial charge in [0, 0.05) is 19.2 Å². The van der Waals surface area contributed by atoms with Crippen LogP contribution in [0.1, 0.15) is 35.0 Å². The van der Waals surface area contributed by atoms with E-state index >= 15 is 0 Å². The largest absolute Gasteiger partial charge is 0.465 e. The molecule has 118 valence electrons. The highest BCUT2D eigenvalue weighted by Crippen LogP contribution is 2.29. The van der Waals surface area contributed by atoms with Crippen LogP contribution in [-0.2, 0) is 22.1 Å². The van der Waals surface area contributed by atoms with E-state index in [1.807, 2.05) is 0 Å². The highest BCUT2D eigenvalue weighted by Gasteiger charge is 2.33. The summed E-state index contributed by atoms with van der Waals surface area (Å²) in [7, 11) is 1.08. The Hall–Kier alpha value is -1.67. The third kappa shape index (κ3) is 4.98. The second kappa shape index (κ2) is 7.37. The van der Waals surface area contributed by atoms with Gasteiger partial charge in [-0.1, -0.05) is 0 Å². The van der Waals surface area contributed by atoms with Crippen LogP contribution >= 0.6 is 0 Å². The van der Waals surface area contributed by atoms with Gasteiger partial charge in [0.1, 0.15) is 5.69 Å². The lowest BCUT2D eigenvalue weighted by molar-refractivity contribution is -0.141. The molecule has 0 saturated heterocycles. The van der Waals surface area contributed by atoms with Crippen LogP contribution in [-0.4, -0.2) is 36.1 Å². The molecule has 8 heteroatoms. The Morgan fingerprint density at radius 3 is 2.67 bits per heavy atom. The first-order chi connectivity index (χ1) is 9.79. The molecule has 1 rings (SSSR count).